The summed E-state index contributed by atoms with van der Waals surface area (Å²) >= 11 is 0. The number of hydrogen-bond acceptors (Lipinski definition) is 4. The minimum atomic E-state index is -0.565. The highest BCUT2D eigenvalue weighted by Crippen LogP contribution is 2.33. The first-order valence-electron chi connectivity index (χ1n) is 12.6. The van der Waals surface area contributed by atoms with Crippen molar-refractivity contribution in [1.82, 2.24) is 0 Å². The van der Waals surface area contributed by atoms with Crippen molar-refractivity contribution in [2.24, 2.45) is 11.1 Å². The second-order valence-corrected chi connectivity index (χ2v) is 9.77. The highest BCUT2D eigenvalue weighted by molar-refractivity contribution is 5.87. The molecular weight excluding hydrogens is 484 g/mol. The summed E-state index contributed by atoms with van der Waals surface area (Å²) in [7, 11) is 0. The van der Waals surface area contributed by atoms with Crippen molar-refractivity contribution < 1.29 is 18.3 Å². The topological polar surface area (TPSA) is 55.7 Å². The van der Waals surface area contributed by atoms with Crippen LogP contribution in [-0.2, 0) is 9.53 Å². The summed E-state index contributed by atoms with van der Waals surface area (Å²) in [5.41, 5.74) is 3.73. The molecule has 198 valence electrons. The molecule has 0 aromatic heterocycles. The Balaban J connectivity index is 1.79. The van der Waals surface area contributed by atoms with Gasteiger partial charge in [0.15, 0.2) is 0 Å². The molecule has 0 N–H and O–H groups in total. The number of ether oxygens (including phenoxy) is 1. The lowest BCUT2D eigenvalue weighted by Crippen LogP contribution is -2.09. The molecule has 2 aromatic carbocycles. The minimum absolute atomic E-state index is 0.122. The van der Waals surface area contributed by atoms with E-state index in [-0.39, 0.29) is 30.5 Å². The zero-order valence-electron chi connectivity index (χ0n) is 22.1. The van der Waals surface area contributed by atoms with Crippen molar-refractivity contribution in [2.45, 2.75) is 39.5 Å². The largest absolute Gasteiger partial charge is 0.457 e. The lowest BCUT2D eigenvalue weighted by molar-refractivity contribution is -0.137. The van der Waals surface area contributed by atoms with E-state index in [4.69, 9.17) is 4.74 Å². The molecule has 3 rings (SSSR count). The van der Waals surface area contributed by atoms with Crippen LogP contribution < -0.4 is 0 Å². The zero-order valence-corrected chi connectivity index (χ0v) is 22.1. The van der Waals surface area contributed by atoms with Crippen LogP contribution in [0.4, 0.5) is 8.78 Å². The first kappa shape index (κ1) is 28.6. The molecule has 0 radical (unpaired) electrons. The number of nitroso groups, excluding NO2 is 1. The average Bonchev–Trinajstić information content (AvgIpc) is 2.89. The Morgan fingerprint density at radius 3 is 2.42 bits per heavy atom. The summed E-state index contributed by atoms with van der Waals surface area (Å²) in [4.78, 5) is 22.5. The number of nitrogens with zero attached hydrogens (tertiary/aromatic N) is 1. The third-order valence-electron chi connectivity index (χ3n) is 6.68. The number of carbonyl (C=O) groups is 1. The molecule has 0 spiro atoms. The first-order valence-corrected chi connectivity index (χ1v) is 12.6. The van der Waals surface area contributed by atoms with Crippen LogP contribution in [0.15, 0.2) is 95.8 Å². The molecule has 0 aliphatic heterocycles. The highest BCUT2D eigenvalue weighted by atomic mass is 19.1. The SMILES string of the molecule is C=C(C)C(=O)OCC(=C)/C(=C\C=C(/C)c1ccc(-c2ccc(C3C=CC(C)CC3)cc2F)cc1F)CN=O. The lowest BCUT2D eigenvalue weighted by atomic mass is 9.84. The third-order valence-corrected chi connectivity index (χ3v) is 6.68. The van der Waals surface area contributed by atoms with Crippen molar-refractivity contribution in [2.75, 3.05) is 13.2 Å². The summed E-state index contributed by atoms with van der Waals surface area (Å²) in [6.45, 7) is 12.5. The molecule has 4 nitrogen and oxygen atoms in total. The molecule has 38 heavy (non-hydrogen) atoms. The van der Waals surface area contributed by atoms with Crippen molar-refractivity contribution in [1.29, 1.82) is 0 Å². The fourth-order valence-corrected chi connectivity index (χ4v) is 4.27. The monoisotopic (exact) mass is 517 g/mol. The molecule has 0 amide bonds. The summed E-state index contributed by atoms with van der Waals surface area (Å²) in [6.07, 6.45) is 9.60. The molecule has 0 saturated heterocycles. The van der Waals surface area contributed by atoms with Gasteiger partial charge in [-0.3, -0.25) is 0 Å². The van der Waals surface area contributed by atoms with Crippen molar-refractivity contribution in [3.63, 3.8) is 0 Å². The third kappa shape index (κ3) is 7.31. The van der Waals surface area contributed by atoms with E-state index in [1.165, 1.54) is 13.0 Å². The van der Waals surface area contributed by atoms with Gasteiger partial charge in [-0.1, -0.05) is 73.8 Å². The molecule has 2 unspecified atom stereocenters. The number of hydrogen-bond donors (Lipinski definition) is 0. The van der Waals surface area contributed by atoms with Crippen LogP contribution in [0, 0.1) is 22.5 Å². The minimum Gasteiger partial charge on any atom is -0.457 e. The van der Waals surface area contributed by atoms with Gasteiger partial charge in [0.25, 0.3) is 0 Å². The summed E-state index contributed by atoms with van der Waals surface area (Å²) < 4.78 is 35.2. The maximum atomic E-state index is 15.1. The van der Waals surface area contributed by atoms with Crippen LogP contribution in [-0.4, -0.2) is 19.1 Å². The van der Waals surface area contributed by atoms with Crippen LogP contribution in [0.5, 0.6) is 0 Å². The van der Waals surface area contributed by atoms with Gasteiger partial charge in [0.1, 0.15) is 24.8 Å². The fourth-order valence-electron chi connectivity index (χ4n) is 4.27. The number of rotatable bonds is 10. The molecule has 0 saturated carbocycles. The van der Waals surface area contributed by atoms with Gasteiger partial charge in [-0.25, -0.2) is 13.6 Å². The number of halogens is 2. The van der Waals surface area contributed by atoms with Gasteiger partial charge in [-0.05, 0) is 72.6 Å². The fraction of sp³-hybridized carbons (Fsp3) is 0.281. The maximum Gasteiger partial charge on any atom is 0.333 e. The zero-order chi connectivity index (χ0) is 27.8. The molecule has 6 heteroatoms. The number of esters is 1. The van der Waals surface area contributed by atoms with Gasteiger partial charge in [0.05, 0.1) is 0 Å². The van der Waals surface area contributed by atoms with Crippen molar-refractivity contribution in [3.8, 4) is 11.1 Å². The predicted molar refractivity (Wildman–Crippen MR) is 149 cm³/mol. The van der Waals surface area contributed by atoms with Crippen LogP contribution in [0.2, 0.25) is 0 Å². The molecular formula is C32H33F2NO3. The predicted octanol–water partition coefficient (Wildman–Crippen LogP) is 8.47. The Hall–Kier alpha value is -3.93. The molecule has 0 bridgehead atoms. The van der Waals surface area contributed by atoms with E-state index in [0.29, 0.717) is 39.3 Å². The second-order valence-electron chi connectivity index (χ2n) is 9.77. The lowest BCUT2D eigenvalue weighted by Gasteiger charge is -2.21. The van der Waals surface area contributed by atoms with E-state index in [1.54, 1.807) is 43.3 Å². The van der Waals surface area contributed by atoms with Crippen LogP contribution in [0.1, 0.15) is 50.7 Å². The molecule has 2 aromatic rings. The Kier molecular flexibility index (Phi) is 9.83. The Morgan fingerprint density at radius 2 is 1.82 bits per heavy atom. The van der Waals surface area contributed by atoms with E-state index in [1.807, 2.05) is 6.07 Å². The second kappa shape index (κ2) is 13.0. The molecule has 1 aliphatic carbocycles. The number of allylic oxidation sites excluding steroid dienone is 5. The maximum absolute atomic E-state index is 15.1. The van der Waals surface area contributed by atoms with E-state index in [9.17, 15) is 9.70 Å². The van der Waals surface area contributed by atoms with Crippen LogP contribution in [0.3, 0.4) is 0 Å². The van der Waals surface area contributed by atoms with Crippen LogP contribution in [0.25, 0.3) is 16.7 Å². The highest BCUT2D eigenvalue weighted by Gasteiger charge is 2.17. The summed E-state index contributed by atoms with van der Waals surface area (Å²) in [6, 6.07) is 9.77. The number of carbonyl (C=O) groups excluding carboxylic acids is 1. The van der Waals surface area contributed by atoms with Gasteiger partial charge in [-0.15, -0.1) is 0 Å². The smallest absolute Gasteiger partial charge is 0.333 e. The molecule has 0 fully saturated rings. The summed E-state index contributed by atoms with van der Waals surface area (Å²) in [5.74, 6) is -0.702. The van der Waals surface area contributed by atoms with E-state index in [2.05, 4.69) is 37.4 Å². The van der Waals surface area contributed by atoms with E-state index < -0.39 is 11.8 Å². The van der Waals surface area contributed by atoms with E-state index in [0.717, 1.165) is 18.4 Å². The Morgan fingerprint density at radius 1 is 1.05 bits per heavy atom. The van der Waals surface area contributed by atoms with Gasteiger partial charge in [0.2, 0.25) is 0 Å². The van der Waals surface area contributed by atoms with E-state index >= 15 is 8.78 Å². The first-order chi connectivity index (χ1) is 18.1. The normalized spacial score (nSPS) is 17.7. The quantitative estimate of drug-likeness (QED) is 0.104. The van der Waals surface area contributed by atoms with Gasteiger partial charge in [-0.2, -0.15) is 4.91 Å². The average molecular weight is 518 g/mol. The Labute approximate surface area is 223 Å². The Bertz CT molecular complexity index is 1340. The number of benzene rings is 2. The molecule has 0 heterocycles. The molecule has 1 aliphatic rings. The van der Waals surface area contributed by atoms with Crippen LogP contribution >= 0.6 is 0 Å². The van der Waals surface area contributed by atoms with Crippen molar-refractivity contribution in [3.05, 3.63) is 118 Å². The van der Waals surface area contributed by atoms with Crippen molar-refractivity contribution >= 4 is 11.5 Å². The molecule has 2 atom stereocenters. The van der Waals surface area contributed by atoms with Gasteiger partial charge < -0.3 is 4.74 Å². The van der Waals surface area contributed by atoms with Gasteiger partial charge in [0, 0.05) is 22.6 Å². The summed E-state index contributed by atoms with van der Waals surface area (Å²) in [5, 5.41) is 2.90. The standard InChI is InChI=1S/C32H33F2NO3/c1-20(2)32(36)38-19-23(5)27(18-35-37)11-8-22(4)28-14-13-26(17-30(28)33)29-15-12-25(16-31(29)34)24-9-6-21(3)7-10-24/h6,8-9,11-17,21,24H,1,5,7,10,18-19H2,2-4H3/b22-8+,27-11-. The van der Waals surface area contributed by atoms with Gasteiger partial charge >= 0.3 is 5.97 Å².